The largest absolute Gasteiger partial charge is 0.353 e. The van der Waals surface area contributed by atoms with Crippen LogP contribution in [0.1, 0.15) is 51.4 Å². The van der Waals surface area contributed by atoms with E-state index in [2.05, 4.69) is 10.6 Å². The second-order valence-electron chi connectivity index (χ2n) is 5.30. The average Bonchev–Trinajstić information content (AvgIpc) is 2.81. The summed E-state index contributed by atoms with van der Waals surface area (Å²) in [4.78, 5) is 11.7. The molecule has 100 valence electrons. The van der Waals surface area contributed by atoms with Crippen LogP contribution in [0.25, 0.3) is 0 Å². The molecule has 1 unspecified atom stereocenters. The Labute approximate surface area is 111 Å². The van der Waals surface area contributed by atoms with Crippen molar-refractivity contribution in [3.63, 3.8) is 0 Å². The molecule has 2 N–H and O–H groups in total. The molecule has 1 heterocycles. The lowest BCUT2D eigenvalue weighted by Crippen LogP contribution is -2.36. The highest BCUT2D eigenvalue weighted by Gasteiger charge is 2.18. The van der Waals surface area contributed by atoms with E-state index in [9.17, 15) is 4.79 Å². The molecule has 0 aromatic carbocycles. The van der Waals surface area contributed by atoms with Gasteiger partial charge >= 0.3 is 0 Å². The predicted molar refractivity (Wildman–Crippen MR) is 72.5 cm³/mol. The van der Waals surface area contributed by atoms with Crippen LogP contribution in [0.5, 0.6) is 0 Å². The van der Waals surface area contributed by atoms with Crippen molar-refractivity contribution in [2.45, 2.75) is 57.4 Å². The summed E-state index contributed by atoms with van der Waals surface area (Å²) in [7, 11) is 0. The van der Waals surface area contributed by atoms with Crippen LogP contribution in [0.15, 0.2) is 0 Å². The summed E-state index contributed by atoms with van der Waals surface area (Å²) in [6.45, 7) is 2.24. The van der Waals surface area contributed by atoms with Gasteiger partial charge in [0.05, 0.1) is 0 Å². The first-order valence-electron chi connectivity index (χ1n) is 6.84. The molecule has 0 aromatic heterocycles. The Morgan fingerprint density at radius 2 is 1.94 bits per heavy atom. The number of hydrogen-bond donors (Lipinski definition) is 2. The molecular formula is C13H25ClN2O. The van der Waals surface area contributed by atoms with Crippen molar-refractivity contribution in [3.05, 3.63) is 0 Å². The van der Waals surface area contributed by atoms with Crippen molar-refractivity contribution < 1.29 is 4.79 Å². The number of carbonyl (C=O) groups is 1. The van der Waals surface area contributed by atoms with E-state index in [-0.39, 0.29) is 18.3 Å². The summed E-state index contributed by atoms with van der Waals surface area (Å²) < 4.78 is 0. The molecular weight excluding hydrogens is 236 g/mol. The standard InChI is InChI=1S/C13H24N2O.ClH/c16-13(7-6-11-8-9-14-10-11)15-12-4-2-1-3-5-12;/h11-12,14H,1-10H2,(H,15,16);1H. The Morgan fingerprint density at radius 3 is 2.59 bits per heavy atom. The van der Waals surface area contributed by atoms with Crippen LogP contribution >= 0.6 is 12.4 Å². The average molecular weight is 261 g/mol. The fraction of sp³-hybridized carbons (Fsp3) is 0.923. The lowest BCUT2D eigenvalue weighted by atomic mass is 9.95. The minimum Gasteiger partial charge on any atom is -0.353 e. The maximum atomic E-state index is 11.7. The third kappa shape index (κ3) is 5.26. The summed E-state index contributed by atoms with van der Waals surface area (Å²) in [6.07, 6.45) is 9.34. The molecule has 1 amide bonds. The molecule has 4 heteroatoms. The maximum Gasteiger partial charge on any atom is 0.220 e. The van der Waals surface area contributed by atoms with Crippen molar-refractivity contribution in [2.75, 3.05) is 13.1 Å². The fourth-order valence-electron chi connectivity index (χ4n) is 2.84. The summed E-state index contributed by atoms with van der Waals surface area (Å²) >= 11 is 0. The van der Waals surface area contributed by atoms with Gasteiger partial charge in [-0.2, -0.15) is 0 Å². The topological polar surface area (TPSA) is 41.1 Å². The van der Waals surface area contributed by atoms with Gasteiger partial charge in [-0.25, -0.2) is 0 Å². The fourth-order valence-corrected chi connectivity index (χ4v) is 2.84. The number of halogens is 1. The van der Waals surface area contributed by atoms with Crippen LogP contribution in [0.3, 0.4) is 0 Å². The molecule has 0 bridgehead atoms. The second kappa shape index (κ2) is 7.93. The zero-order chi connectivity index (χ0) is 11.2. The monoisotopic (exact) mass is 260 g/mol. The Hall–Kier alpha value is -0.280. The van der Waals surface area contributed by atoms with Gasteiger partial charge < -0.3 is 10.6 Å². The second-order valence-corrected chi connectivity index (χ2v) is 5.30. The van der Waals surface area contributed by atoms with Crippen LogP contribution in [-0.4, -0.2) is 25.0 Å². The smallest absolute Gasteiger partial charge is 0.220 e. The molecule has 2 aliphatic rings. The van der Waals surface area contributed by atoms with Gasteiger partial charge in [-0.05, 0) is 44.7 Å². The zero-order valence-corrected chi connectivity index (χ0v) is 11.4. The first-order chi connectivity index (χ1) is 7.84. The predicted octanol–water partition coefficient (Wildman–Crippen LogP) is 2.25. The zero-order valence-electron chi connectivity index (χ0n) is 10.5. The third-order valence-corrected chi connectivity index (χ3v) is 3.91. The number of amides is 1. The summed E-state index contributed by atoms with van der Waals surface area (Å²) in [5, 5.41) is 6.53. The molecule has 0 radical (unpaired) electrons. The first kappa shape index (κ1) is 14.8. The van der Waals surface area contributed by atoms with E-state index in [1.54, 1.807) is 0 Å². The van der Waals surface area contributed by atoms with Gasteiger partial charge in [-0.1, -0.05) is 19.3 Å². The van der Waals surface area contributed by atoms with Gasteiger partial charge in [-0.3, -0.25) is 4.79 Å². The van der Waals surface area contributed by atoms with Crippen LogP contribution in [0, 0.1) is 5.92 Å². The van der Waals surface area contributed by atoms with Gasteiger partial charge in [0.2, 0.25) is 5.91 Å². The highest BCUT2D eigenvalue weighted by atomic mass is 35.5. The van der Waals surface area contributed by atoms with Gasteiger partial charge in [0, 0.05) is 12.5 Å². The molecule has 1 saturated heterocycles. The van der Waals surface area contributed by atoms with Crippen LogP contribution < -0.4 is 10.6 Å². The Balaban J connectivity index is 0.00000144. The van der Waals surface area contributed by atoms with Crippen LogP contribution in [-0.2, 0) is 4.79 Å². The van der Waals surface area contributed by atoms with Crippen LogP contribution in [0.4, 0.5) is 0 Å². The lowest BCUT2D eigenvalue weighted by molar-refractivity contribution is -0.122. The minimum absolute atomic E-state index is 0. The minimum atomic E-state index is 0. The van der Waals surface area contributed by atoms with Gasteiger partial charge in [0.25, 0.3) is 0 Å². The van der Waals surface area contributed by atoms with Crippen LogP contribution in [0.2, 0.25) is 0 Å². The van der Waals surface area contributed by atoms with Crippen molar-refractivity contribution in [3.8, 4) is 0 Å². The number of hydrogen-bond acceptors (Lipinski definition) is 2. The van der Waals surface area contributed by atoms with Crippen molar-refractivity contribution >= 4 is 18.3 Å². The number of rotatable bonds is 4. The van der Waals surface area contributed by atoms with Gasteiger partial charge in [0.15, 0.2) is 0 Å². The SMILES string of the molecule is Cl.O=C(CCC1CCNC1)NC1CCCCC1. The lowest BCUT2D eigenvalue weighted by Gasteiger charge is -2.23. The molecule has 1 aliphatic carbocycles. The van der Waals surface area contributed by atoms with Gasteiger partial charge in [0.1, 0.15) is 0 Å². The molecule has 2 rings (SSSR count). The summed E-state index contributed by atoms with van der Waals surface area (Å²) in [5.74, 6) is 1.01. The Kier molecular flexibility index (Phi) is 6.90. The number of carbonyl (C=O) groups excluding carboxylic acids is 1. The van der Waals surface area contributed by atoms with Crippen molar-refractivity contribution in [1.82, 2.24) is 10.6 Å². The summed E-state index contributed by atoms with van der Waals surface area (Å²) in [5.41, 5.74) is 0. The molecule has 17 heavy (non-hydrogen) atoms. The van der Waals surface area contributed by atoms with E-state index in [1.807, 2.05) is 0 Å². The third-order valence-electron chi connectivity index (χ3n) is 3.91. The van der Waals surface area contributed by atoms with Gasteiger partial charge in [-0.15, -0.1) is 12.4 Å². The van der Waals surface area contributed by atoms with E-state index in [0.717, 1.165) is 31.8 Å². The molecule has 0 spiro atoms. The van der Waals surface area contributed by atoms with E-state index >= 15 is 0 Å². The Bertz CT molecular complexity index is 223. The molecule has 3 nitrogen and oxygen atoms in total. The van der Waals surface area contributed by atoms with E-state index in [0.29, 0.717) is 6.04 Å². The van der Waals surface area contributed by atoms with Crippen molar-refractivity contribution in [2.24, 2.45) is 5.92 Å². The highest BCUT2D eigenvalue weighted by Crippen LogP contribution is 2.18. The van der Waals surface area contributed by atoms with E-state index in [4.69, 9.17) is 0 Å². The van der Waals surface area contributed by atoms with E-state index in [1.165, 1.54) is 38.5 Å². The molecule has 2 fully saturated rings. The molecule has 1 atom stereocenters. The maximum absolute atomic E-state index is 11.7. The molecule has 1 aliphatic heterocycles. The number of nitrogens with one attached hydrogen (secondary N) is 2. The highest BCUT2D eigenvalue weighted by molar-refractivity contribution is 5.85. The quantitative estimate of drug-likeness (QED) is 0.814. The van der Waals surface area contributed by atoms with Crippen molar-refractivity contribution in [1.29, 1.82) is 0 Å². The normalized spacial score (nSPS) is 25.3. The Morgan fingerprint density at radius 1 is 1.18 bits per heavy atom. The molecule has 1 saturated carbocycles. The summed E-state index contributed by atoms with van der Waals surface area (Å²) in [6, 6.07) is 0.475. The molecule has 0 aromatic rings. The first-order valence-corrected chi connectivity index (χ1v) is 6.84. The van der Waals surface area contributed by atoms with E-state index < -0.39 is 0 Å².